The third-order valence-corrected chi connectivity index (χ3v) is 3.44. The molecule has 0 bridgehead atoms. The molecule has 1 saturated carbocycles. The topological polar surface area (TPSA) is 54.9 Å². The van der Waals surface area contributed by atoms with Crippen molar-refractivity contribution in [2.75, 3.05) is 6.54 Å². The van der Waals surface area contributed by atoms with Crippen molar-refractivity contribution >= 4 is 5.91 Å². The van der Waals surface area contributed by atoms with Crippen molar-refractivity contribution in [3.63, 3.8) is 0 Å². The summed E-state index contributed by atoms with van der Waals surface area (Å²) in [6.45, 7) is 0.555. The van der Waals surface area contributed by atoms with Crippen LogP contribution in [0.2, 0.25) is 0 Å². The van der Waals surface area contributed by atoms with E-state index in [0.29, 0.717) is 12.5 Å². The minimum absolute atomic E-state index is 0.0498. The molecule has 0 unspecified atom stereocenters. The maximum absolute atomic E-state index is 12.3. The van der Waals surface area contributed by atoms with Crippen molar-refractivity contribution in [3.8, 4) is 0 Å². The number of hydrogen-bond acceptors (Lipinski definition) is 3. The highest BCUT2D eigenvalue weighted by molar-refractivity contribution is 5.93. The van der Waals surface area contributed by atoms with E-state index in [1.54, 1.807) is 0 Å². The molecule has 110 valence electrons. The summed E-state index contributed by atoms with van der Waals surface area (Å²) in [5.41, 5.74) is 0.0498. The third-order valence-electron chi connectivity index (χ3n) is 3.44. The summed E-state index contributed by atoms with van der Waals surface area (Å²) in [6, 6.07) is 0. The lowest BCUT2D eigenvalue weighted by Gasteiger charge is -2.21. The fourth-order valence-electron chi connectivity index (χ4n) is 2.32. The SMILES string of the molecule is O=C(NCC1CCCCC1)c1cnc(C(F)(F)F)nc1. The van der Waals surface area contributed by atoms with E-state index in [1.807, 2.05) is 0 Å². The zero-order chi connectivity index (χ0) is 14.6. The van der Waals surface area contributed by atoms with Gasteiger partial charge in [0.05, 0.1) is 5.56 Å². The summed E-state index contributed by atoms with van der Waals surface area (Å²) in [6.07, 6.45) is 2.98. The van der Waals surface area contributed by atoms with E-state index in [-0.39, 0.29) is 5.56 Å². The van der Waals surface area contributed by atoms with Gasteiger partial charge in [-0.25, -0.2) is 9.97 Å². The summed E-state index contributed by atoms with van der Waals surface area (Å²) in [5, 5.41) is 2.73. The lowest BCUT2D eigenvalue weighted by molar-refractivity contribution is -0.145. The van der Waals surface area contributed by atoms with Crippen LogP contribution in [0.3, 0.4) is 0 Å². The molecule has 20 heavy (non-hydrogen) atoms. The first-order valence-electron chi connectivity index (χ1n) is 6.64. The second-order valence-electron chi connectivity index (χ2n) is 5.01. The Labute approximate surface area is 114 Å². The lowest BCUT2D eigenvalue weighted by Crippen LogP contribution is -2.30. The summed E-state index contributed by atoms with van der Waals surface area (Å²) in [5.74, 6) is -1.20. The standard InChI is InChI=1S/C13H16F3N3O/c14-13(15,16)12-18-7-10(8-19-12)11(20)17-6-9-4-2-1-3-5-9/h7-9H,1-6H2,(H,17,20). The van der Waals surface area contributed by atoms with Gasteiger partial charge in [0.1, 0.15) is 0 Å². The van der Waals surface area contributed by atoms with Gasteiger partial charge in [-0.3, -0.25) is 4.79 Å². The van der Waals surface area contributed by atoms with Crippen LogP contribution in [-0.2, 0) is 6.18 Å². The zero-order valence-corrected chi connectivity index (χ0v) is 10.9. The van der Waals surface area contributed by atoms with E-state index in [2.05, 4.69) is 15.3 Å². The van der Waals surface area contributed by atoms with E-state index in [4.69, 9.17) is 0 Å². The molecule has 2 rings (SSSR count). The van der Waals surface area contributed by atoms with Crippen LogP contribution < -0.4 is 5.32 Å². The first-order valence-corrected chi connectivity index (χ1v) is 6.64. The predicted molar refractivity (Wildman–Crippen MR) is 65.9 cm³/mol. The minimum Gasteiger partial charge on any atom is -0.352 e. The molecular formula is C13H16F3N3O. The Bertz CT molecular complexity index is 453. The van der Waals surface area contributed by atoms with Gasteiger partial charge in [0.25, 0.3) is 5.91 Å². The Kier molecular flexibility index (Phi) is 4.57. The highest BCUT2D eigenvalue weighted by atomic mass is 19.4. The minimum atomic E-state index is -4.59. The van der Waals surface area contributed by atoms with Crippen LogP contribution in [-0.4, -0.2) is 22.4 Å². The first kappa shape index (κ1) is 14.7. The average Bonchev–Trinajstić information content (AvgIpc) is 2.45. The number of nitrogens with one attached hydrogen (secondary N) is 1. The van der Waals surface area contributed by atoms with Crippen LogP contribution in [0, 0.1) is 5.92 Å². The first-order chi connectivity index (χ1) is 9.47. The molecule has 1 fully saturated rings. The van der Waals surface area contributed by atoms with Gasteiger partial charge in [-0.05, 0) is 18.8 Å². The van der Waals surface area contributed by atoms with Gasteiger partial charge in [0.15, 0.2) is 0 Å². The normalized spacial score (nSPS) is 16.9. The number of rotatable bonds is 3. The average molecular weight is 287 g/mol. The van der Waals surface area contributed by atoms with Crippen molar-refractivity contribution in [1.82, 2.24) is 15.3 Å². The molecule has 1 heterocycles. The smallest absolute Gasteiger partial charge is 0.352 e. The maximum Gasteiger partial charge on any atom is 0.451 e. The highest BCUT2D eigenvalue weighted by Gasteiger charge is 2.34. The van der Waals surface area contributed by atoms with Gasteiger partial charge >= 0.3 is 6.18 Å². The Hall–Kier alpha value is -1.66. The number of amides is 1. The summed E-state index contributed by atoms with van der Waals surface area (Å²) in [4.78, 5) is 18.1. The molecular weight excluding hydrogens is 271 g/mol. The number of alkyl halides is 3. The summed E-state index contributed by atoms with van der Waals surface area (Å²) >= 11 is 0. The van der Waals surface area contributed by atoms with Crippen LogP contribution in [0.15, 0.2) is 12.4 Å². The van der Waals surface area contributed by atoms with Crippen molar-refractivity contribution < 1.29 is 18.0 Å². The maximum atomic E-state index is 12.3. The molecule has 1 amide bonds. The molecule has 1 aliphatic carbocycles. The van der Waals surface area contributed by atoms with Crippen molar-refractivity contribution in [3.05, 3.63) is 23.8 Å². The lowest BCUT2D eigenvalue weighted by atomic mass is 9.89. The van der Waals surface area contributed by atoms with Crippen LogP contribution in [0.25, 0.3) is 0 Å². The van der Waals surface area contributed by atoms with Crippen LogP contribution in [0.4, 0.5) is 13.2 Å². The molecule has 0 spiro atoms. The number of aromatic nitrogens is 2. The van der Waals surface area contributed by atoms with Crippen molar-refractivity contribution in [2.24, 2.45) is 5.92 Å². The number of halogens is 3. The molecule has 7 heteroatoms. The fourth-order valence-corrected chi connectivity index (χ4v) is 2.32. The predicted octanol–water partition coefficient (Wildman–Crippen LogP) is 2.81. The third kappa shape index (κ3) is 3.91. The number of carbonyl (C=O) groups is 1. The van der Waals surface area contributed by atoms with Crippen LogP contribution in [0.5, 0.6) is 0 Å². The summed E-state index contributed by atoms with van der Waals surface area (Å²) < 4.78 is 36.9. The number of nitrogens with zero attached hydrogens (tertiary/aromatic N) is 2. The molecule has 4 nitrogen and oxygen atoms in total. The molecule has 0 atom stereocenters. The molecule has 0 saturated heterocycles. The second kappa shape index (κ2) is 6.19. The molecule has 0 aromatic carbocycles. The van der Waals surface area contributed by atoms with E-state index in [9.17, 15) is 18.0 Å². The zero-order valence-electron chi connectivity index (χ0n) is 10.9. The Morgan fingerprint density at radius 2 is 1.80 bits per heavy atom. The van der Waals surface area contributed by atoms with Gasteiger partial charge in [-0.15, -0.1) is 0 Å². The van der Waals surface area contributed by atoms with Crippen LogP contribution >= 0.6 is 0 Å². The molecule has 1 aliphatic rings. The molecule has 0 aliphatic heterocycles. The Balaban J connectivity index is 1.89. The fraction of sp³-hybridized carbons (Fsp3) is 0.615. The molecule has 0 radical (unpaired) electrons. The van der Waals surface area contributed by atoms with Gasteiger partial charge < -0.3 is 5.32 Å². The number of hydrogen-bond donors (Lipinski definition) is 1. The van der Waals surface area contributed by atoms with Crippen molar-refractivity contribution in [2.45, 2.75) is 38.3 Å². The van der Waals surface area contributed by atoms with E-state index < -0.39 is 17.9 Å². The van der Waals surface area contributed by atoms with E-state index in [0.717, 1.165) is 25.2 Å². The number of carbonyl (C=O) groups excluding carboxylic acids is 1. The monoisotopic (exact) mass is 287 g/mol. The van der Waals surface area contributed by atoms with Crippen LogP contribution in [0.1, 0.15) is 48.3 Å². The second-order valence-corrected chi connectivity index (χ2v) is 5.01. The quantitative estimate of drug-likeness (QED) is 0.930. The van der Waals surface area contributed by atoms with E-state index >= 15 is 0 Å². The van der Waals surface area contributed by atoms with Gasteiger partial charge in [0.2, 0.25) is 5.82 Å². The van der Waals surface area contributed by atoms with Gasteiger partial charge in [0, 0.05) is 18.9 Å². The Morgan fingerprint density at radius 1 is 1.20 bits per heavy atom. The van der Waals surface area contributed by atoms with Gasteiger partial charge in [-0.1, -0.05) is 19.3 Å². The largest absolute Gasteiger partial charge is 0.451 e. The van der Waals surface area contributed by atoms with E-state index in [1.165, 1.54) is 19.3 Å². The van der Waals surface area contributed by atoms with Crippen molar-refractivity contribution in [1.29, 1.82) is 0 Å². The molecule has 1 aromatic rings. The molecule has 1 aromatic heterocycles. The van der Waals surface area contributed by atoms with Gasteiger partial charge in [-0.2, -0.15) is 13.2 Å². The molecule has 1 N–H and O–H groups in total. The summed E-state index contributed by atoms with van der Waals surface area (Å²) in [7, 11) is 0. The highest BCUT2D eigenvalue weighted by Crippen LogP contribution is 2.25. The Morgan fingerprint density at radius 3 is 2.35 bits per heavy atom.